The van der Waals surface area contributed by atoms with Crippen molar-refractivity contribution in [2.24, 2.45) is 5.92 Å². The second-order valence-corrected chi connectivity index (χ2v) is 6.64. The molecule has 1 N–H and O–H groups in total. The Labute approximate surface area is 118 Å². The van der Waals surface area contributed by atoms with Gasteiger partial charge in [0.05, 0.1) is 6.61 Å². The summed E-state index contributed by atoms with van der Waals surface area (Å²) in [6.45, 7) is 13.5. The molecule has 1 aromatic carbocycles. The largest absolute Gasteiger partial charge is 0.381 e. The molecule has 0 unspecified atom stereocenters. The third-order valence-electron chi connectivity index (χ3n) is 2.83. The van der Waals surface area contributed by atoms with Crippen LogP contribution in [0.4, 0.5) is 0 Å². The highest BCUT2D eigenvalue weighted by atomic mass is 16.5. The van der Waals surface area contributed by atoms with E-state index in [9.17, 15) is 0 Å². The van der Waals surface area contributed by atoms with Crippen LogP contribution in [0.5, 0.6) is 0 Å². The summed E-state index contributed by atoms with van der Waals surface area (Å²) in [5.41, 5.74) is 2.86. The fraction of sp³-hybridized carbons (Fsp3) is 0.647. The lowest BCUT2D eigenvalue weighted by Gasteiger charge is -2.20. The van der Waals surface area contributed by atoms with Gasteiger partial charge in [-0.1, -0.05) is 38.1 Å². The molecule has 0 fully saturated rings. The molecule has 0 aromatic heterocycles. The van der Waals surface area contributed by atoms with Crippen molar-refractivity contribution < 1.29 is 4.74 Å². The first kappa shape index (κ1) is 16.2. The van der Waals surface area contributed by atoms with Crippen LogP contribution in [0.25, 0.3) is 0 Å². The lowest BCUT2D eigenvalue weighted by Crippen LogP contribution is -2.35. The van der Waals surface area contributed by atoms with Crippen LogP contribution in [-0.2, 0) is 17.7 Å². The van der Waals surface area contributed by atoms with Gasteiger partial charge in [-0.15, -0.1) is 0 Å². The Balaban J connectivity index is 2.31. The van der Waals surface area contributed by atoms with Crippen LogP contribution in [0.3, 0.4) is 0 Å². The predicted molar refractivity (Wildman–Crippen MR) is 82.4 cm³/mol. The molecule has 0 saturated heterocycles. The quantitative estimate of drug-likeness (QED) is 0.756. The molecule has 108 valence electrons. The molecule has 0 amide bonds. The van der Waals surface area contributed by atoms with E-state index in [4.69, 9.17) is 4.74 Å². The van der Waals surface area contributed by atoms with E-state index in [-0.39, 0.29) is 5.54 Å². The van der Waals surface area contributed by atoms with Gasteiger partial charge in [-0.05, 0) is 44.2 Å². The summed E-state index contributed by atoms with van der Waals surface area (Å²) in [4.78, 5) is 0. The van der Waals surface area contributed by atoms with Crippen molar-refractivity contribution in [2.75, 3.05) is 13.2 Å². The lowest BCUT2D eigenvalue weighted by atomic mass is 10.1. The van der Waals surface area contributed by atoms with Crippen LogP contribution in [0.15, 0.2) is 24.3 Å². The molecule has 2 nitrogen and oxygen atoms in total. The third kappa shape index (κ3) is 8.02. The molecule has 0 aliphatic rings. The SMILES string of the molecule is CC(C)COCCc1ccc(CNC(C)(C)C)cc1. The van der Waals surface area contributed by atoms with Crippen LogP contribution in [0, 0.1) is 5.92 Å². The normalized spacial score (nSPS) is 12.1. The number of nitrogens with one attached hydrogen (secondary N) is 1. The minimum absolute atomic E-state index is 0.170. The highest BCUT2D eigenvalue weighted by Crippen LogP contribution is 2.08. The fourth-order valence-corrected chi connectivity index (χ4v) is 1.70. The number of hydrogen-bond acceptors (Lipinski definition) is 2. The molecule has 0 atom stereocenters. The second-order valence-electron chi connectivity index (χ2n) is 6.64. The number of rotatable bonds is 7. The first-order valence-electron chi connectivity index (χ1n) is 7.27. The Bertz CT molecular complexity index is 349. The van der Waals surface area contributed by atoms with Crippen molar-refractivity contribution in [3.63, 3.8) is 0 Å². The van der Waals surface area contributed by atoms with E-state index in [0.29, 0.717) is 5.92 Å². The highest BCUT2D eigenvalue weighted by Gasteiger charge is 2.07. The van der Waals surface area contributed by atoms with E-state index >= 15 is 0 Å². The zero-order chi connectivity index (χ0) is 14.3. The Morgan fingerprint density at radius 1 is 1.05 bits per heavy atom. The maximum Gasteiger partial charge on any atom is 0.0506 e. The van der Waals surface area contributed by atoms with E-state index in [1.807, 2.05) is 0 Å². The van der Waals surface area contributed by atoms with Gasteiger partial charge in [0.2, 0.25) is 0 Å². The molecule has 0 radical (unpaired) electrons. The van der Waals surface area contributed by atoms with Crippen molar-refractivity contribution in [3.8, 4) is 0 Å². The summed E-state index contributed by atoms with van der Waals surface area (Å²) < 4.78 is 5.61. The zero-order valence-corrected chi connectivity index (χ0v) is 13.1. The van der Waals surface area contributed by atoms with Crippen molar-refractivity contribution in [3.05, 3.63) is 35.4 Å². The summed E-state index contributed by atoms with van der Waals surface area (Å²) >= 11 is 0. The van der Waals surface area contributed by atoms with Gasteiger partial charge in [-0.3, -0.25) is 0 Å². The zero-order valence-electron chi connectivity index (χ0n) is 13.1. The molecule has 0 aliphatic heterocycles. The summed E-state index contributed by atoms with van der Waals surface area (Å²) in [7, 11) is 0. The predicted octanol–water partition coefficient (Wildman–Crippen LogP) is 3.79. The fourth-order valence-electron chi connectivity index (χ4n) is 1.70. The van der Waals surface area contributed by atoms with Crippen molar-refractivity contribution in [1.29, 1.82) is 0 Å². The van der Waals surface area contributed by atoms with E-state index in [1.54, 1.807) is 0 Å². The summed E-state index contributed by atoms with van der Waals surface area (Å²) in [5.74, 6) is 0.617. The van der Waals surface area contributed by atoms with Crippen LogP contribution in [0.2, 0.25) is 0 Å². The molecule has 19 heavy (non-hydrogen) atoms. The summed E-state index contributed by atoms with van der Waals surface area (Å²) in [5, 5.41) is 3.50. The topological polar surface area (TPSA) is 21.3 Å². The van der Waals surface area contributed by atoms with Gasteiger partial charge in [-0.2, -0.15) is 0 Å². The summed E-state index contributed by atoms with van der Waals surface area (Å²) in [6.07, 6.45) is 1.000. The Morgan fingerprint density at radius 2 is 1.63 bits per heavy atom. The monoisotopic (exact) mass is 263 g/mol. The first-order valence-corrected chi connectivity index (χ1v) is 7.27. The molecular formula is C17H29NO. The number of benzene rings is 1. The van der Waals surface area contributed by atoms with Gasteiger partial charge in [0.1, 0.15) is 0 Å². The van der Waals surface area contributed by atoms with Gasteiger partial charge < -0.3 is 10.1 Å². The van der Waals surface area contributed by atoms with Gasteiger partial charge in [0.25, 0.3) is 0 Å². The molecular weight excluding hydrogens is 234 g/mol. The van der Waals surface area contributed by atoms with E-state index in [0.717, 1.165) is 26.2 Å². The lowest BCUT2D eigenvalue weighted by molar-refractivity contribution is 0.112. The number of ether oxygens (including phenoxy) is 1. The molecule has 2 heteroatoms. The van der Waals surface area contributed by atoms with Crippen molar-refractivity contribution in [2.45, 2.75) is 53.1 Å². The number of hydrogen-bond donors (Lipinski definition) is 1. The molecule has 0 heterocycles. The summed E-state index contributed by atoms with van der Waals surface area (Å²) in [6, 6.07) is 8.82. The van der Waals surface area contributed by atoms with Gasteiger partial charge in [0.15, 0.2) is 0 Å². The van der Waals surface area contributed by atoms with E-state index in [2.05, 4.69) is 64.2 Å². The standard InChI is InChI=1S/C17H29NO/c1-14(2)13-19-11-10-15-6-8-16(9-7-15)12-18-17(3,4)5/h6-9,14,18H,10-13H2,1-5H3. The van der Waals surface area contributed by atoms with Crippen LogP contribution >= 0.6 is 0 Å². The third-order valence-corrected chi connectivity index (χ3v) is 2.83. The van der Waals surface area contributed by atoms with Gasteiger partial charge in [0, 0.05) is 18.7 Å². The van der Waals surface area contributed by atoms with Gasteiger partial charge >= 0.3 is 0 Å². The smallest absolute Gasteiger partial charge is 0.0506 e. The van der Waals surface area contributed by atoms with Crippen LogP contribution in [-0.4, -0.2) is 18.8 Å². The van der Waals surface area contributed by atoms with Crippen LogP contribution < -0.4 is 5.32 Å². The molecule has 0 spiro atoms. The van der Waals surface area contributed by atoms with E-state index < -0.39 is 0 Å². The molecule has 0 bridgehead atoms. The van der Waals surface area contributed by atoms with Crippen molar-refractivity contribution >= 4 is 0 Å². The molecule has 0 saturated carbocycles. The maximum atomic E-state index is 5.61. The van der Waals surface area contributed by atoms with Crippen molar-refractivity contribution in [1.82, 2.24) is 5.32 Å². The van der Waals surface area contributed by atoms with Gasteiger partial charge in [-0.25, -0.2) is 0 Å². The molecule has 0 aliphatic carbocycles. The first-order chi connectivity index (χ1) is 8.87. The minimum Gasteiger partial charge on any atom is -0.381 e. The van der Waals surface area contributed by atoms with Crippen LogP contribution in [0.1, 0.15) is 45.7 Å². The highest BCUT2D eigenvalue weighted by molar-refractivity contribution is 5.22. The minimum atomic E-state index is 0.170. The Hall–Kier alpha value is -0.860. The average molecular weight is 263 g/mol. The van der Waals surface area contributed by atoms with E-state index in [1.165, 1.54) is 11.1 Å². The second kappa shape index (κ2) is 7.66. The molecule has 1 aromatic rings. The maximum absolute atomic E-state index is 5.61. The molecule has 1 rings (SSSR count). The average Bonchev–Trinajstić information content (AvgIpc) is 2.32. The Kier molecular flexibility index (Phi) is 6.53. The Morgan fingerprint density at radius 3 is 2.16 bits per heavy atom.